The van der Waals surface area contributed by atoms with Gasteiger partial charge in [-0.15, -0.1) is 0 Å². The van der Waals surface area contributed by atoms with Gasteiger partial charge >= 0.3 is 0 Å². The largest absolute Gasteiger partial charge is 0.381 e. The molecule has 1 fully saturated rings. The lowest BCUT2D eigenvalue weighted by Gasteiger charge is -2.52. The van der Waals surface area contributed by atoms with Gasteiger partial charge in [0.2, 0.25) is 0 Å². The summed E-state index contributed by atoms with van der Waals surface area (Å²) in [6.45, 7) is 9.41. The second-order valence-electron chi connectivity index (χ2n) is 5.61. The van der Waals surface area contributed by atoms with Crippen molar-refractivity contribution in [2.45, 2.75) is 46.3 Å². The highest BCUT2D eigenvalue weighted by Crippen LogP contribution is 2.44. The fourth-order valence-electron chi connectivity index (χ4n) is 2.57. The number of anilines is 1. The Morgan fingerprint density at radius 1 is 1.44 bits per heavy atom. The molecule has 2 unspecified atom stereocenters. The molecule has 0 aromatic heterocycles. The Morgan fingerprint density at radius 2 is 2.17 bits per heavy atom. The molecule has 1 aliphatic carbocycles. The van der Waals surface area contributed by atoms with E-state index in [0.717, 1.165) is 29.3 Å². The molecular formula is C15H22ClNO. The quantitative estimate of drug-likeness (QED) is 0.880. The van der Waals surface area contributed by atoms with Gasteiger partial charge in [0.25, 0.3) is 0 Å². The Labute approximate surface area is 115 Å². The fourth-order valence-corrected chi connectivity index (χ4v) is 2.74. The van der Waals surface area contributed by atoms with Crippen molar-refractivity contribution in [3.05, 3.63) is 28.8 Å². The van der Waals surface area contributed by atoms with Crippen molar-refractivity contribution in [2.24, 2.45) is 5.41 Å². The van der Waals surface area contributed by atoms with Crippen LogP contribution < -0.4 is 5.32 Å². The van der Waals surface area contributed by atoms with Crippen LogP contribution in [-0.4, -0.2) is 18.8 Å². The summed E-state index contributed by atoms with van der Waals surface area (Å²) in [5.74, 6) is 0. The van der Waals surface area contributed by atoms with Crippen LogP contribution in [0.1, 0.15) is 32.8 Å². The van der Waals surface area contributed by atoms with E-state index >= 15 is 0 Å². The molecule has 0 amide bonds. The normalized spacial score (nSPS) is 25.6. The first-order valence-electron chi connectivity index (χ1n) is 6.60. The van der Waals surface area contributed by atoms with Gasteiger partial charge in [-0.2, -0.15) is 0 Å². The minimum Gasteiger partial charge on any atom is -0.381 e. The summed E-state index contributed by atoms with van der Waals surface area (Å²) >= 11 is 6.14. The molecule has 0 bridgehead atoms. The second-order valence-corrected chi connectivity index (χ2v) is 6.02. The summed E-state index contributed by atoms with van der Waals surface area (Å²) in [6.07, 6.45) is 1.42. The molecule has 18 heavy (non-hydrogen) atoms. The standard InChI is InChI=1S/C15H22ClNO/c1-5-18-14-9-13(15(14,3)4)17-12-8-6-7-11(16)10(12)2/h6-8,13-14,17H,5,9H2,1-4H3. The van der Waals surface area contributed by atoms with Crippen LogP contribution in [0.2, 0.25) is 5.02 Å². The SMILES string of the molecule is CCOC1CC(Nc2cccc(Cl)c2C)C1(C)C. The summed E-state index contributed by atoms with van der Waals surface area (Å²) in [5, 5.41) is 4.42. The Morgan fingerprint density at radius 3 is 2.78 bits per heavy atom. The molecule has 2 nitrogen and oxygen atoms in total. The first-order valence-corrected chi connectivity index (χ1v) is 6.97. The van der Waals surface area contributed by atoms with E-state index in [4.69, 9.17) is 16.3 Å². The molecule has 2 rings (SSSR count). The molecule has 1 aliphatic rings. The van der Waals surface area contributed by atoms with Crippen molar-refractivity contribution in [3.63, 3.8) is 0 Å². The highest BCUT2D eigenvalue weighted by atomic mass is 35.5. The van der Waals surface area contributed by atoms with E-state index in [1.807, 2.05) is 12.1 Å². The van der Waals surface area contributed by atoms with E-state index in [1.54, 1.807) is 0 Å². The molecule has 1 aromatic rings. The lowest BCUT2D eigenvalue weighted by molar-refractivity contribution is -0.0976. The van der Waals surface area contributed by atoms with Crippen molar-refractivity contribution >= 4 is 17.3 Å². The van der Waals surface area contributed by atoms with Gasteiger partial charge in [-0.25, -0.2) is 0 Å². The molecule has 0 aliphatic heterocycles. The molecule has 1 aromatic carbocycles. The minimum absolute atomic E-state index is 0.171. The zero-order valence-electron chi connectivity index (χ0n) is 11.6. The van der Waals surface area contributed by atoms with Crippen LogP contribution in [0.5, 0.6) is 0 Å². The van der Waals surface area contributed by atoms with Crippen LogP contribution in [0.15, 0.2) is 18.2 Å². The number of benzene rings is 1. The van der Waals surface area contributed by atoms with E-state index in [9.17, 15) is 0 Å². The van der Waals surface area contributed by atoms with Crippen molar-refractivity contribution in [2.75, 3.05) is 11.9 Å². The van der Waals surface area contributed by atoms with Crippen LogP contribution in [0.25, 0.3) is 0 Å². The Hall–Kier alpha value is -0.730. The molecule has 1 saturated carbocycles. The number of hydrogen-bond acceptors (Lipinski definition) is 2. The van der Waals surface area contributed by atoms with Gasteiger partial charge in [-0.05, 0) is 38.0 Å². The van der Waals surface area contributed by atoms with Crippen molar-refractivity contribution in [3.8, 4) is 0 Å². The summed E-state index contributed by atoms with van der Waals surface area (Å²) in [5.41, 5.74) is 2.43. The van der Waals surface area contributed by atoms with Crippen LogP contribution in [0.3, 0.4) is 0 Å². The summed E-state index contributed by atoms with van der Waals surface area (Å²) in [4.78, 5) is 0. The molecule has 1 N–H and O–H groups in total. The third kappa shape index (κ3) is 2.36. The van der Waals surface area contributed by atoms with Gasteiger partial charge < -0.3 is 10.1 Å². The molecule has 0 spiro atoms. The second kappa shape index (κ2) is 5.10. The topological polar surface area (TPSA) is 21.3 Å². The number of ether oxygens (including phenoxy) is 1. The lowest BCUT2D eigenvalue weighted by Crippen LogP contribution is -2.58. The zero-order valence-corrected chi connectivity index (χ0v) is 12.3. The highest BCUT2D eigenvalue weighted by Gasteiger charge is 2.48. The zero-order chi connectivity index (χ0) is 13.3. The Kier molecular flexibility index (Phi) is 3.88. The van der Waals surface area contributed by atoms with Crippen LogP contribution >= 0.6 is 11.6 Å². The Balaban J connectivity index is 2.06. The van der Waals surface area contributed by atoms with E-state index in [-0.39, 0.29) is 5.41 Å². The first-order chi connectivity index (χ1) is 8.46. The molecule has 100 valence electrons. The van der Waals surface area contributed by atoms with E-state index in [2.05, 4.69) is 39.1 Å². The number of nitrogens with one attached hydrogen (secondary N) is 1. The van der Waals surface area contributed by atoms with E-state index in [1.165, 1.54) is 0 Å². The van der Waals surface area contributed by atoms with E-state index in [0.29, 0.717) is 12.1 Å². The summed E-state index contributed by atoms with van der Waals surface area (Å²) in [7, 11) is 0. The average molecular weight is 268 g/mol. The number of hydrogen-bond donors (Lipinski definition) is 1. The van der Waals surface area contributed by atoms with Gasteiger partial charge in [-0.3, -0.25) is 0 Å². The van der Waals surface area contributed by atoms with Crippen molar-refractivity contribution in [1.82, 2.24) is 0 Å². The smallest absolute Gasteiger partial charge is 0.0665 e. The minimum atomic E-state index is 0.171. The van der Waals surface area contributed by atoms with E-state index < -0.39 is 0 Å². The van der Waals surface area contributed by atoms with Gasteiger partial charge in [-0.1, -0.05) is 31.5 Å². The highest BCUT2D eigenvalue weighted by molar-refractivity contribution is 6.31. The number of halogens is 1. The summed E-state index contributed by atoms with van der Waals surface area (Å²) < 4.78 is 5.75. The average Bonchev–Trinajstić information content (AvgIpc) is 2.33. The monoisotopic (exact) mass is 267 g/mol. The number of rotatable bonds is 4. The third-order valence-corrected chi connectivity index (χ3v) is 4.55. The van der Waals surface area contributed by atoms with Crippen LogP contribution in [0.4, 0.5) is 5.69 Å². The molecule has 0 heterocycles. The van der Waals surface area contributed by atoms with Crippen LogP contribution in [0, 0.1) is 12.3 Å². The predicted octanol–water partition coefficient (Wildman–Crippen LogP) is 4.26. The van der Waals surface area contributed by atoms with Crippen molar-refractivity contribution < 1.29 is 4.74 Å². The van der Waals surface area contributed by atoms with Gasteiger partial charge in [0.1, 0.15) is 0 Å². The van der Waals surface area contributed by atoms with Gasteiger partial charge in [0, 0.05) is 28.8 Å². The molecule has 0 saturated heterocycles. The first kappa shape index (κ1) is 13.7. The predicted molar refractivity (Wildman–Crippen MR) is 77.4 cm³/mol. The maximum absolute atomic E-state index is 6.14. The molecule has 0 radical (unpaired) electrons. The molecular weight excluding hydrogens is 246 g/mol. The molecule has 3 heteroatoms. The lowest BCUT2D eigenvalue weighted by atomic mass is 9.64. The van der Waals surface area contributed by atoms with Gasteiger partial charge in [0.05, 0.1) is 6.10 Å². The third-order valence-electron chi connectivity index (χ3n) is 4.14. The van der Waals surface area contributed by atoms with Gasteiger partial charge in [0.15, 0.2) is 0 Å². The Bertz CT molecular complexity index is 431. The van der Waals surface area contributed by atoms with Crippen LogP contribution in [-0.2, 0) is 4.74 Å². The van der Waals surface area contributed by atoms with Crippen molar-refractivity contribution in [1.29, 1.82) is 0 Å². The maximum atomic E-state index is 6.14. The summed E-state index contributed by atoms with van der Waals surface area (Å²) in [6, 6.07) is 6.46. The maximum Gasteiger partial charge on any atom is 0.0665 e. The fraction of sp³-hybridized carbons (Fsp3) is 0.600. The molecule has 2 atom stereocenters.